The molecule has 0 spiro atoms. The molecule has 1 fully saturated rings. The van der Waals surface area contributed by atoms with Crippen molar-refractivity contribution in [1.29, 1.82) is 0 Å². The molecule has 4 aromatic rings. The molecule has 0 N–H and O–H groups in total. The third kappa shape index (κ3) is 5.93. The first-order valence-electron chi connectivity index (χ1n) is 12.6. The van der Waals surface area contributed by atoms with Crippen LogP contribution < -0.4 is 9.64 Å². The van der Waals surface area contributed by atoms with Gasteiger partial charge in [0.25, 0.3) is 0 Å². The number of hydrogen-bond acceptors (Lipinski definition) is 3. The quantitative estimate of drug-likeness (QED) is 0.271. The molecule has 1 aliphatic rings. The normalized spacial score (nSPS) is 17.9. The lowest BCUT2D eigenvalue weighted by Crippen LogP contribution is -2.30. The van der Waals surface area contributed by atoms with Crippen LogP contribution in [0.3, 0.4) is 0 Å². The number of hydrogen-bond donors (Lipinski definition) is 0. The van der Waals surface area contributed by atoms with Crippen LogP contribution in [0.5, 0.6) is 5.75 Å². The lowest BCUT2D eigenvalue weighted by Gasteiger charge is -2.30. The third-order valence-corrected chi connectivity index (χ3v) is 7.09. The van der Waals surface area contributed by atoms with E-state index in [2.05, 4.69) is 119 Å². The number of nitrogens with zero attached hydrogens (tertiary/aromatic N) is 2. The van der Waals surface area contributed by atoms with Gasteiger partial charge in [-0.25, -0.2) is 0 Å². The van der Waals surface area contributed by atoms with Crippen molar-refractivity contribution in [1.82, 2.24) is 4.90 Å². The van der Waals surface area contributed by atoms with Crippen LogP contribution in [0.4, 0.5) is 11.4 Å². The molecule has 0 aromatic heterocycles. The van der Waals surface area contributed by atoms with Crippen LogP contribution >= 0.6 is 0 Å². The molecular formula is C32H34N2O. The summed E-state index contributed by atoms with van der Waals surface area (Å²) in [7, 11) is 1.74. The molecule has 2 atom stereocenters. The summed E-state index contributed by atoms with van der Waals surface area (Å²) < 4.78 is 5.56. The topological polar surface area (TPSA) is 15.7 Å². The van der Waals surface area contributed by atoms with Gasteiger partial charge in [-0.05, 0) is 53.6 Å². The summed E-state index contributed by atoms with van der Waals surface area (Å²) in [5.41, 5.74) is 5.22. The third-order valence-electron chi connectivity index (χ3n) is 7.09. The molecule has 0 unspecified atom stereocenters. The number of benzene rings is 4. The van der Waals surface area contributed by atoms with Gasteiger partial charge in [0.05, 0.1) is 7.11 Å². The Hall–Kier alpha value is -3.56. The molecular weight excluding hydrogens is 428 g/mol. The lowest BCUT2D eigenvalue weighted by molar-refractivity contribution is 0.313. The Morgan fingerprint density at radius 1 is 0.686 bits per heavy atom. The Kier molecular flexibility index (Phi) is 7.45. The molecule has 3 heteroatoms. The Bertz CT molecular complexity index is 1180. The second kappa shape index (κ2) is 11.2. The number of para-hydroxylation sites is 1. The smallest absolute Gasteiger partial charge is 0.120 e. The van der Waals surface area contributed by atoms with E-state index >= 15 is 0 Å². The second-order valence-electron chi connectivity index (χ2n) is 9.54. The van der Waals surface area contributed by atoms with Crippen molar-refractivity contribution in [2.45, 2.75) is 13.0 Å². The van der Waals surface area contributed by atoms with E-state index in [4.69, 9.17) is 4.74 Å². The van der Waals surface area contributed by atoms with Crippen LogP contribution in [0.15, 0.2) is 115 Å². The van der Waals surface area contributed by atoms with E-state index in [9.17, 15) is 0 Å². The molecule has 178 valence electrons. The summed E-state index contributed by atoms with van der Waals surface area (Å²) in [6.07, 6.45) is 1.11. The fraction of sp³-hybridized carbons (Fsp3) is 0.250. The minimum Gasteiger partial charge on any atom is -0.497 e. The van der Waals surface area contributed by atoms with Crippen LogP contribution in [-0.4, -0.2) is 31.6 Å². The Labute approximate surface area is 209 Å². The van der Waals surface area contributed by atoms with Crippen molar-refractivity contribution in [3.8, 4) is 5.75 Å². The van der Waals surface area contributed by atoms with Gasteiger partial charge >= 0.3 is 0 Å². The van der Waals surface area contributed by atoms with Gasteiger partial charge in [-0.15, -0.1) is 0 Å². The predicted molar refractivity (Wildman–Crippen MR) is 145 cm³/mol. The molecule has 0 amide bonds. The molecule has 1 aliphatic heterocycles. The average molecular weight is 463 g/mol. The summed E-state index contributed by atoms with van der Waals surface area (Å²) in [6, 6.07) is 41.0. The Morgan fingerprint density at radius 2 is 1.29 bits per heavy atom. The van der Waals surface area contributed by atoms with E-state index in [1.165, 1.54) is 22.5 Å². The van der Waals surface area contributed by atoms with Crippen molar-refractivity contribution >= 4 is 11.4 Å². The molecule has 35 heavy (non-hydrogen) atoms. The number of ether oxygens (including phenoxy) is 1. The van der Waals surface area contributed by atoms with E-state index < -0.39 is 0 Å². The molecule has 0 bridgehead atoms. The highest BCUT2D eigenvalue weighted by atomic mass is 16.5. The molecule has 5 rings (SSSR count). The van der Waals surface area contributed by atoms with E-state index in [1.54, 1.807) is 7.11 Å². The molecule has 1 heterocycles. The molecule has 0 saturated carbocycles. The minimum absolute atomic E-state index is 0.547. The van der Waals surface area contributed by atoms with Crippen LogP contribution in [0, 0.1) is 11.8 Å². The van der Waals surface area contributed by atoms with Gasteiger partial charge in [0.1, 0.15) is 5.75 Å². The van der Waals surface area contributed by atoms with Crippen LogP contribution in [-0.2, 0) is 13.0 Å². The fourth-order valence-corrected chi connectivity index (χ4v) is 5.34. The van der Waals surface area contributed by atoms with E-state index in [-0.39, 0.29) is 0 Å². The van der Waals surface area contributed by atoms with Crippen LogP contribution in [0.25, 0.3) is 0 Å². The summed E-state index contributed by atoms with van der Waals surface area (Å²) in [6.45, 7) is 4.20. The first-order valence-corrected chi connectivity index (χ1v) is 12.6. The zero-order valence-corrected chi connectivity index (χ0v) is 20.5. The molecule has 0 radical (unpaired) electrons. The van der Waals surface area contributed by atoms with E-state index in [0.29, 0.717) is 11.8 Å². The molecule has 4 aromatic carbocycles. The van der Waals surface area contributed by atoms with Gasteiger partial charge in [0, 0.05) is 43.6 Å². The van der Waals surface area contributed by atoms with Crippen molar-refractivity contribution in [2.24, 2.45) is 11.8 Å². The summed E-state index contributed by atoms with van der Waals surface area (Å²) >= 11 is 0. The largest absolute Gasteiger partial charge is 0.497 e. The maximum Gasteiger partial charge on any atom is 0.120 e. The first-order chi connectivity index (χ1) is 17.3. The maximum absolute atomic E-state index is 5.56. The van der Waals surface area contributed by atoms with Gasteiger partial charge < -0.3 is 9.64 Å². The molecule has 3 nitrogen and oxygen atoms in total. The first kappa shape index (κ1) is 23.2. The highest BCUT2D eigenvalue weighted by Gasteiger charge is 2.34. The van der Waals surface area contributed by atoms with Gasteiger partial charge in [-0.3, -0.25) is 4.90 Å². The molecule has 0 aliphatic carbocycles. The summed E-state index contributed by atoms with van der Waals surface area (Å²) in [5.74, 6) is 2.03. The average Bonchev–Trinajstić information content (AvgIpc) is 3.29. The predicted octanol–water partition coefficient (Wildman–Crippen LogP) is 6.82. The summed E-state index contributed by atoms with van der Waals surface area (Å²) in [4.78, 5) is 5.11. The van der Waals surface area contributed by atoms with Crippen molar-refractivity contribution < 1.29 is 4.74 Å². The number of methoxy groups -OCH3 is 1. The summed E-state index contributed by atoms with van der Waals surface area (Å²) in [5, 5.41) is 0. The standard InChI is InChI=1S/C32H34N2O/c1-35-32-19-11-18-31(21-32)34(30-16-9-4-10-17-30)25-29-24-33(22-27-14-7-3-8-15-27)23-28(29)20-26-12-5-2-6-13-26/h2-19,21,28-29H,20,22-25H2,1H3/t28-,29+/m0/s1. The Balaban J connectivity index is 1.42. The van der Waals surface area contributed by atoms with Crippen LogP contribution in [0.1, 0.15) is 11.1 Å². The Morgan fingerprint density at radius 3 is 1.97 bits per heavy atom. The minimum atomic E-state index is 0.547. The SMILES string of the molecule is COc1cccc(N(C[C@H]2CN(Cc3ccccc3)C[C@@H]2Cc2ccccc2)c2ccccc2)c1. The van der Waals surface area contributed by atoms with Crippen LogP contribution in [0.2, 0.25) is 0 Å². The fourth-order valence-electron chi connectivity index (χ4n) is 5.34. The van der Waals surface area contributed by atoms with Gasteiger partial charge in [-0.1, -0.05) is 84.9 Å². The number of likely N-dealkylation sites (tertiary alicyclic amines) is 1. The zero-order valence-electron chi connectivity index (χ0n) is 20.5. The second-order valence-corrected chi connectivity index (χ2v) is 9.54. The maximum atomic E-state index is 5.56. The van der Waals surface area contributed by atoms with Gasteiger partial charge in [-0.2, -0.15) is 0 Å². The highest BCUT2D eigenvalue weighted by Crippen LogP contribution is 2.34. The monoisotopic (exact) mass is 462 g/mol. The number of anilines is 2. The van der Waals surface area contributed by atoms with Crippen molar-refractivity contribution in [2.75, 3.05) is 31.6 Å². The van der Waals surface area contributed by atoms with Gasteiger partial charge in [0.15, 0.2) is 0 Å². The zero-order chi connectivity index (χ0) is 23.9. The van der Waals surface area contributed by atoms with Crippen molar-refractivity contribution in [3.63, 3.8) is 0 Å². The lowest BCUT2D eigenvalue weighted by atomic mass is 9.89. The van der Waals surface area contributed by atoms with Crippen molar-refractivity contribution in [3.05, 3.63) is 126 Å². The molecule has 1 saturated heterocycles. The highest BCUT2D eigenvalue weighted by molar-refractivity contribution is 5.64. The number of rotatable bonds is 9. The van der Waals surface area contributed by atoms with Gasteiger partial charge in [0.2, 0.25) is 0 Å². The van der Waals surface area contributed by atoms with E-state index in [1.807, 2.05) is 6.07 Å². The van der Waals surface area contributed by atoms with E-state index in [0.717, 1.165) is 38.3 Å².